The van der Waals surface area contributed by atoms with E-state index in [9.17, 15) is 4.39 Å². The molecule has 0 aliphatic heterocycles. The molecule has 2 aromatic carbocycles. The van der Waals surface area contributed by atoms with Crippen LogP contribution in [0.5, 0.6) is 17.4 Å². The van der Waals surface area contributed by atoms with E-state index < -0.39 is 5.67 Å². The minimum atomic E-state index is -1.54. The van der Waals surface area contributed by atoms with Gasteiger partial charge >= 0.3 is 0 Å². The van der Waals surface area contributed by atoms with E-state index in [1.165, 1.54) is 20.2 Å². The first-order valence-electron chi connectivity index (χ1n) is 11.3. The number of aliphatic imine (C=N–C) groups is 1. The summed E-state index contributed by atoms with van der Waals surface area (Å²) in [6.07, 6.45) is 3.97. The molecular formula is C27H32FN5O2. The minimum Gasteiger partial charge on any atom is -0.496 e. The second-order valence-electron chi connectivity index (χ2n) is 8.48. The summed E-state index contributed by atoms with van der Waals surface area (Å²) in [5.41, 5.74) is 2.12. The third-order valence-electron chi connectivity index (χ3n) is 5.28. The van der Waals surface area contributed by atoms with Crippen LogP contribution in [0.25, 0.3) is 10.9 Å². The Morgan fingerprint density at radius 2 is 2.00 bits per heavy atom. The van der Waals surface area contributed by atoms with Gasteiger partial charge in [-0.2, -0.15) is 0 Å². The van der Waals surface area contributed by atoms with Gasteiger partial charge in [0.15, 0.2) is 0 Å². The number of anilines is 1. The Hall–Kier alpha value is -3.94. The second kappa shape index (κ2) is 11.0. The lowest BCUT2D eigenvalue weighted by molar-refractivity contribution is 0.314. The molecule has 184 valence electrons. The van der Waals surface area contributed by atoms with Crippen LogP contribution in [0.3, 0.4) is 0 Å². The molecule has 2 N–H and O–H groups in total. The first-order valence-corrected chi connectivity index (χ1v) is 11.3. The summed E-state index contributed by atoms with van der Waals surface area (Å²) in [6.45, 7) is 10.8. The van der Waals surface area contributed by atoms with E-state index in [1.807, 2.05) is 43.3 Å². The molecule has 3 rings (SSSR count). The summed E-state index contributed by atoms with van der Waals surface area (Å²) in [5, 5.41) is 7.06. The van der Waals surface area contributed by atoms with Crippen molar-refractivity contribution in [2.75, 3.05) is 19.5 Å². The molecule has 0 saturated heterocycles. The summed E-state index contributed by atoms with van der Waals surface area (Å²) < 4.78 is 25.9. The van der Waals surface area contributed by atoms with E-state index in [-0.39, 0.29) is 0 Å². The molecule has 0 radical (unpaired) electrons. The van der Waals surface area contributed by atoms with E-state index in [0.29, 0.717) is 28.9 Å². The molecule has 0 bridgehead atoms. The number of halogens is 1. The molecule has 1 heterocycles. The van der Waals surface area contributed by atoms with Crippen LogP contribution in [0.15, 0.2) is 71.9 Å². The summed E-state index contributed by atoms with van der Waals surface area (Å²) >= 11 is 0. The van der Waals surface area contributed by atoms with Crippen LogP contribution in [-0.2, 0) is 6.42 Å². The van der Waals surface area contributed by atoms with Gasteiger partial charge in [-0.1, -0.05) is 19.6 Å². The number of aromatic nitrogens is 2. The molecule has 0 atom stereocenters. The smallest absolute Gasteiger partial charge is 0.230 e. The number of hydrogen-bond donors (Lipinski definition) is 2. The Balaban J connectivity index is 1.77. The number of methoxy groups -OCH3 is 1. The van der Waals surface area contributed by atoms with Crippen molar-refractivity contribution in [2.24, 2.45) is 4.99 Å². The van der Waals surface area contributed by atoms with Gasteiger partial charge < -0.3 is 20.1 Å². The molecular weight excluding hydrogens is 445 g/mol. The zero-order valence-electron chi connectivity index (χ0n) is 21.1. The van der Waals surface area contributed by atoms with Crippen LogP contribution < -0.4 is 20.1 Å². The van der Waals surface area contributed by atoms with Gasteiger partial charge in [-0.25, -0.2) is 14.4 Å². The number of nitrogens with one attached hydrogen (secondary N) is 2. The molecule has 3 aromatic rings. The van der Waals surface area contributed by atoms with Crippen molar-refractivity contribution in [1.29, 1.82) is 0 Å². The standard InChI is InChI=1S/C27H32FN5O2/c1-8-19-13-23-22(15-24(19)34-7)26(31-16-30-23)35-21-11-9-10-20(14-21)33-18(3)32-17(2)12-25(29-6)27(4,5)28/h9-16,32-33H,3,8H2,1-2,4-7H3/b17-12+,29-25+. The number of benzene rings is 2. The van der Waals surface area contributed by atoms with Gasteiger partial charge in [-0.05, 0) is 63.1 Å². The first-order chi connectivity index (χ1) is 16.6. The summed E-state index contributed by atoms with van der Waals surface area (Å²) in [5.74, 6) is 2.32. The van der Waals surface area contributed by atoms with Crippen molar-refractivity contribution in [1.82, 2.24) is 15.3 Å². The lowest BCUT2D eigenvalue weighted by Crippen LogP contribution is -2.26. The van der Waals surface area contributed by atoms with E-state index in [0.717, 1.165) is 34.3 Å². The SMILES string of the molecule is C=C(N/C(C)=C/C(=N\C)C(C)(C)F)Nc1cccc(Oc2ncnc3cc(CC)c(OC)cc23)c1. The number of ether oxygens (including phenoxy) is 2. The fourth-order valence-electron chi connectivity index (χ4n) is 3.59. The van der Waals surface area contributed by atoms with E-state index in [1.54, 1.807) is 20.2 Å². The van der Waals surface area contributed by atoms with Crippen LogP contribution in [0, 0.1) is 0 Å². The topological polar surface area (TPSA) is 80.7 Å². The molecule has 0 fully saturated rings. The van der Waals surface area contributed by atoms with Gasteiger partial charge in [-0.15, -0.1) is 0 Å². The normalized spacial score (nSPS) is 12.4. The number of rotatable bonds is 10. The number of allylic oxidation sites excluding steroid dienone is 2. The molecule has 0 unspecified atom stereocenters. The van der Waals surface area contributed by atoms with E-state index in [2.05, 4.69) is 39.1 Å². The van der Waals surface area contributed by atoms with Gasteiger partial charge in [0, 0.05) is 24.5 Å². The van der Waals surface area contributed by atoms with Gasteiger partial charge in [-0.3, -0.25) is 4.99 Å². The average molecular weight is 478 g/mol. The van der Waals surface area contributed by atoms with Crippen LogP contribution in [0.4, 0.5) is 10.1 Å². The molecule has 35 heavy (non-hydrogen) atoms. The Morgan fingerprint density at radius 3 is 2.66 bits per heavy atom. The van der Waals surface area contributed by atoms with Crippen LogP contribution >= 0.6 is 0 Å². The molecule has 0 amide bonds. The van der Waals surface area contributed by atoms with Gasteiger partial charge in [0.2, 0.25) is 5.88 Å². The lowest BCUT2D eigenvalue weighted by Gasteiger charge is -2.17. The highest BCUT2D eigenvalue weighted by Crippen LogP contribution is 2.32. The predicted molar refractivity (Wildman–Crippen MR) is 140 cm³/mol. The minimum absolute atomic E-state index is 0.338. The third kappa shape index (κ3) is 6.56. The number of alkyl halides is 1. The van der Waals surface area contributed by atoms with Crippen LogP contribution in [0.1, 0.15) is 33.3 Å². The number of fused-ring (bicyclic) bond motifs is 1. The Labute approximate surface area is 205 Å². The highest BCUT2D eigenvalue weighted by Gasteiger charge is 2.21. The molecule has 7 nitrogen and oxygen atoms in total. The highest BCUT2D eigenvalue weighted by atomic mass is 19.1. The second-order valence-corrected chi connectivity index (χ2v) is 8.48. The van der Waals surface area contributed by atoms with Crippen molar-refractivity contribution in [3.05, 3.63) is 72.5 Å². The van der Waals surface area contributed by atoms with Crippen LogP contribution in [0.2, 0.25) is 0 Å². The first kappa shape index (κ1) is 25.7. The molecule has 0 aliphatic carbocycles. The highest BCUT2D eigenvalue weighted by molar-refractivity contribution is 6.01. The fourth-order valence-corrected chi connectivity index (χ4v) is 3.59. The van der Waals surface area contributed by atoms with Crippen molar-refractivity contribution in [2.45, 2.75) is 39.8 Å². The van der Waals surface area contributed by atoms with Crippen molar-refractivity contribution in [3.63, 3.8) is 0 Å². The summed E-state index contributed by atoms with van der Waals surface area (Å²) in [7, 11) is 3.21. The van der Waals surface area contributed by atoms with E-state index in [4.69, 9.17) is 9.47 Å². The summed E-state index contributed by atoms with van der Waals surface area (Å²) in [6, 6.07) is 11.3. The zero-order chi connectivity index (χ0) is 25.6. The third-order valence-corrected chi connectivity index (χ3v) is 5.28. The molecule has 1 aromatic heterocycles. The van der Waals surface area contributed by atoms with E-state index >= 15 is 0 Å². The fraction of sp³-hybridized carbons (Fsp3) is 0.296. The van der Waals surface area contributed by atoms with Crippen LogP contribution in [-0.4, -0.2) is 35.5 Å². The van der Waals surface area contributed by atoms with Gasteiger partial charge in [0.05, 0.1) is 29.5 Å². The number of aryl methyl sites for hydroxylation is 1. The van der Waals surface area contributed by atoms with Crippen molar-refractivity contribution >= 4 is 22.3 Å². The van der Waals surface area contributed by atoms with Gasteiger partial charge in [0.1, 0.15) is 23.5 Å². The molecule has 8 heteroatoms. The number of hydrogen-bond acceptors (Lipinski definition) is 7. The largest absolute Gasteiger partial charge is 0.496 e. The average Bonchev–Trinajstić information content (AvgIpc) is 2.81. The molecule has 0 aliphatic rings. The molecule has 0 spiro atoms. The summed E-state index contributed by atoms with van der Waals surface area (Å²) in [4.78, 5) is 12.7. The maximum atomic E-state index is 14.2. The number of nitrogens with zero attached hydrogens (tertiary/aromatic N) is 3. The monoisotopic (exact) mass is 477 g/mol. The van der Waals surface area contributed by atoms with Gasteiger partial charge in [0.25, 0.3) is 0 Å². The maximum Gasteiger partial charge on any atom is 0.230 e. The maximum absolute atomic E-state index is 14.2. The Kier molecular flexibility index (Phi) is 8.06. The molecule has 0 saturated carbocycles. The lowest BCUT2D eigenvalue weighted by atomic mass is 10.0. The Morgan fingerprint density at radius 1 is 1.23 bits per heavy atom. The quantitative estimate of drug-likeness (QED) is 0.339. The zero-order valence-corrected chi connectivity index (χ0v) is 21.1. The van der Waals surface area contributed by atoms with Crippen molar-refractivity contribution < 1.29 is 13.9 Å². The predicted octanol–water partition coefficient (Wildman–Crippen LogP) is 6.19. The Bertz CT molecular complexity index is 1280. The van der Waals surface area contributed by atoms with Crippen molar-refractivity contribution in [3.8, 4) is 17.4 Å².